The SMILES string of the molecule is CC[C@H](C)[C@H](NC(=O)c1nn(-c2c(F)cccc2F)cc1C)C(=O)O. The third kappa shape index (κ3) is 3.84. The van der Waals surface area contributed by atoms with Crippen molar-refractivity contribution < 1.29 is 23.5 Å². The van der Waals surface area contributed by atoms with Crippen molar-refractivity contribution in [3.63, 3.8) is 0 Å². The van der Waals surface area contributed by atoms with Crippen LogP contribution in [0.15, 0.2) is 24.4 Å². The van der Waals surface area contributed by atoms with Gasteiger partial charge in [-0.15, -0.1) is 0 Å². The Kier molecular flexibility index (Phi) is 5.51. The monoisotopic (exact) mass is 351 g/mol. The van der Waals surface area contributed by atoms with Gasteiger partial charge in [0.2, 0.25) is 0 Å². The molecule has 0 saturated carbocycles. The molecule has 0 bridgehead atoms. The van der Waals surface area contributed by atoms with Gasteiger partial charge < -0.3 is 10.4 Å². The van der Waals surface area contributed by atoms with Crippen LogP contribution in [0.4, 0.5) is 8.78 Å². The molecule has 0 unspecified atom stereocenters. The molecule has 0 aliphatic carbocycles. The number of aryl methyl sites for hydroxylation is 1. The van der Waals surface area contributed by atoms with Crippen LogP contribution in [0.25, 0.3) is 5.69 Å². The molecule has 1 aromatic carbocycles. The minimum absolute atomic E-state index is 0.0859. The number of carboxylic acid groups (broad SMARTS) is 1. The van der Waals surface area contributed by atoms with Gasteiger partial charge in [0.15, 0.2) is 17.3 Å². The van der Waals surface area contributed by atoms with Crippen LogP contribution in [-0.4, -0.2) is 32.8 Å². The fourth-order valence-electron chi connectivity index (χ4n) is 2.40. The van der Waals surface area contributed by atoms with Gasteiger partial charge in [-0.3, -0.25) is 4.79 Å². The highest BCUT2D eigenvalue weighted by Crippen LogP contribution is 2.19. The van der Waals surface area contributed by atoms with E-state index >= 15 is 0 Å². The van der Waals surface area contributed by atoms with Gasteiger partial charge in [0, 0.05) is 11.8 Å². The van der Waals surface area contributed by atoms with Crippen molar-refractivity contribution in [1.29, 1.82) is 0 Å². The van der Waals surface area contributed by atoms with Gasteiger partial charge in [0.25, 0.3) is 5.91 Å². The summed E-state index contributed by atoms with van der Waals surface area (Å²) in [4.78, 5) is 23.7. The highest BCUT2D eigenvalue weighted by atomic mass is 19.1. The normalized spacial score (nSPS) is 13.3. The molecule has 0 fully saturated rings. The first-order valence-electron chi connectivity index (χ1n) is 7.80. The highest BCUT2D eigenvalue weighted by Gasteiger charge is 2.27. The van der Waals surface area contributed by atoms with Crippen molar-refractivity contribution in [1.82, 2.24) is 15.1 Å². The first kappa shape index (κ1) is 18.6. The van der Waals surface area contributed by atoms with E-state index in [1.54, 1.807) is 13.8 Å². The number of aliphatic carboxylic acids is 1. The Hall–Kier alpha value is -2.77. The van der Waals surface area contributed by atoms with E-state index in [1.807, 2.05) is 6.92 Å². The van der Waals surface area contributed by atoms with Gasteiger partial charge in [-0.1, -0.05) is 26.3 Å². The van der Waals surface area contributed by atoms with Crippen molar-refractivity contribution in [2.24, 2.45) is 5.92 Å². The molecule has 0 radical (unpaired) electrons. The fraction of sp³-hybridized carbons (Fsp3) is 0.353. The quantitative estimate of drug-likeness (QED) is 0.838. The Bertz CT molecular complexity index is 784. The van der Waals surface area contributed by atoms with Gasteiger partial charge in [0.05, 0.1) is 0 Å². The minimum atomic E-state index is -1.15. The Morgan fingerprint density at radius 2 is 1.92 bits per heavy atom. The summed E-state index contributed by atoms with van der Waals surface area (Å²) >= 11 is 0. The van der Waals surface area contributed by atoms with E-state index in [2.05, 4.69) is 10.4 Å². The van der Waals surface area contributed by atoms with Crippen LogP contribution in [0.3, 0.4) is 0 Å². The number of carboxylic acids is 1. The Balaban J connectivity index is 2.34. The zero-order valence-electron chi connectivity index (χ0n) is 14.1. The Labute approximate surface area is 143 Å². The lowest BCUT2D eigenvalue weighted by atomic mass is 9.99. The van der Waals surface area contributed by atoms with Gasteiger partial charge >= 0.3 is 5.97 Å². The molecule has 1 amide bonds. The lowest BCUT2D eigenvalue weighted by Crippen LogP contribution is -2.45. The van der Waals surface area contributed by atoms with E-state index in [-0.39, 0.29) is 11.6 Å². The molecule has 1 aromatic heterocycles. The van der Waals surface area contributed by atoms with Crippen LogP contribution in [0.1, 0.15) is 36.3 Å². The van der Waals surface area contributed by atoms with Crippen molar-refractivity contribution in [2.45, 2.75) is 33.2 Å². The maximum atomic E-state index is 13.9. The number of carbonyl (C=O) groups is 2. The van der Waals surface area contributed by atoms with Crippen LogP contribution >= 0.6 is 0 Å². The number of nitrogens with zero attached hydrogens (tertiary/aromatic N) is 2. The van der Waals surface area contributed by atoms with Crippen molar-refractivity contribution in [3.05, 3.63) is 47.3 Å². The Morgan fingerprint density at radius 3 is 2.44 bits per heavy atom. The van der Waals surface area contributed by atoms with E-state index < -0.39 is 35.2 Å². The van der Waals surface area contributed by atoms with E-state index in [9.17, 15) is 23.5 Å². The summed E-state index contributed by atoms with van der Waals surface area (Å²) in [5.41, 5.74) is -0.119. The summed E-state index contributed by atoms with van der Waals surface area (Å²) in [5, 5.41) is 15.6. The molecule has 2 rings (SSSR count). The first-order chi connectivity index (χ1) is 11.8. The van der Waals surface area contributed by atoms with Gasteiger partial charge in [0.1, 0.15) is 11.7 Å². The number of hydrogen-bond donors (Lipinski definition) is 2. The van der Waals surface area contributed by atoms with Crippen LogP contribution in [0.2, 0.25) is 0 Å². The molecule has 0 spiro atoms. The average Bonchev–Trinajstić information content (AvgIpc) is 2.92. The second-order valence-corrected chi connectivity index (χ2v) is 5.85. The predicted molar refractivity (Wildman–Crippen MR) is 86.6 cm³/mol. The summed E-state index contributed by atoms with van der Waals surface area (Å²) < 4.78 is 28.7. The molecular formula is C17H19F2N3O3. The van der Waals surface area contributed by atoms with Gasteiger partial charge in [-0.05, 0) is 25.0 Å². The van der Waals surface area contributed by atoms with Crippen molar-refractivity contribution >= 4 is 11.9 Å². The molecular weight excluding hydrogens is 332 g/mol. The van der Waals surface area contributed by atoms with E-state index in [4.69, 9.17) is 0 Å². The van der Waals surface area contributed by atoms with Crippen LogP contribution in [0.5, 0.6) is 0 Å². The average molecular weight is 351 g/mol. The number of aromatic nitrogens is 2. The molecule has 1 heterocycles. The third-order valence-electron chi connectivity index (χ3n) is 4.04. The lowest BCUT2D eigenvalue weighted by molar-refractivity contribution is -0.140. The van der Waals surface area contributed by atoms with Crippen LogP contribution in [-0.2, 0) is 4.79 Å². The summed E-state index contributed by atoms with van der Waals surface area (Å²) in [6, 6.07) is 2.31. The smallest absolute Gasteiger partial charge is 0.326 e. The largest absolute Gasteiger partial charge is 0.480 e. The number of hydrogen-bond acceptors (Lipinski definition) is 3. The predicted octanol–water partition coefficient (Wildman–Crippen LogP) is 2.69. The standard InChI is InChI=1S/C17H19F2N3O3/c1-4-9(2)14(17(24)25)20-16(23)13-10(3)8-22(21-13)15-11(18)6-5-7-12(15)19/h5-9,14H,4H2,1-3H3,(H,20,23)(H,24,25)/t9-,14-/m0/s1. The fourth-order valence-corrected chi connectivity index (χ4v) is 2.40. The molecule has 25 heavy (non-hydrogen) atoms. The first-order valence-corrected chi connectivity index (χ1v) is 7.80. The molecule has 2 aromatic rings. The Morgan fingerprint density at radius 1 is 1.32 bits per heavy atom. The van der Waals surface area contributed by atoms with E-state index in [0.29, 0.717) is 12.0 Å². The molecule has 2 N–H and O–H groups in total. The maximum Gasteiger partial charge on any atom is 0.326 e. The summed E-state index contributed by atoms with van der Waals surface area (Å²) in [5.74, 6) is -3.79. The molecule has 0 saturated heterocycles. The molecule has 134 valence electrons. The summed E-state index contributed by atoms with van der Waals surface area (Å²) in [6.07, 6.45) is 1.88. The zero-order valence-corrected chi connectivity index (χ0v) is 14.1. The van der Waals surface area contributed by atoms with Crippen molar-refractivity contribution in [3.8, 4) is 5.69 Å². The number of benzene rings is 1. The highest BCUT2D eigenvalue weighted by molar-refractivity contribution is 5.96. The summed E-state index contributed by atoms with van der Waals surface area (Å²) in [7, 11) is 0. The topological polar surface area (TPSA) is 84.2 Å². The zero-order chi connectivity index (χ0) is 18.7. The maximum absolute atomic E-state index is 13.9. The number of amides is 1. The number of halogens is 2. The number of rotatable bonds is 6. The lowest BCUT2D eigenvalue weighted by Gasteiger charge is -2.19. The van der Waals surface area contributed by atoms with Gasteiger partial charge in [-0.2, -0.15) is 5.10 Å². The van der Waals surface area contributed by atoms with Crippen LogP contribution < -0.4 is 5.32 Å². The molecule has 6 nitrogen and oxygen atoms in total. The molecule has 0 aliphatic rings. The van der Waals surface area contributed by atoms with E-state index in [1.165, 1.54) is 12.3 Å². The summed E-state index contributed by atoms with van der Waals surface area (Å²) in [6.45, 7) is 5.07. The molecule has 2 atom stereocenters. The van der Waals surface area contributed by atoms with Crippen LogP contribution in [0, 0.1) is 24.5 Å². The number of nitrogens with one attached hydrogen (secondary N) is 1. The van der Waals surface area contributed by atoms with E-state index in [0.717, 1.165) is 16.8 Å². The second-order valence-electron chi connectivity index (χ2n) is 5.85. The van der Waals surface area contributed by atoms with Crippen molar-refractivity contribution in [2.75, 3.05) is 0 Å². The number of para-hydroxylation sites is 1. The number of carbonyl (C=O) groups excluding carboxylic acids is 1. The molecule has 8 heteroatoms. The second kappa shape index (κ2) is 7.42. The third-order valence-corrected chi connectivity index (χ3v) is 4.04. The molecule has 0 aliphatic heterocycles. The minimum Gasteiger partial charge on any atom is -0.480 e. The van der Waals surface area contributed by atoms with Gasteiger partial charge in [-0.25, -0.2) is 18.3 Å².